The standard InChI is InChI=1S/C13H22N2O3S2/c1-10-8-13(19-12(10)9-14-11-4-5-11)20(16,17)15(2)6-7-18-3/h8,11,14H,4-7,9H2,1-3H3. The lowest BCUT2D eigenvalue weighted by atomic mass is 10.3. The van der Waals surface area contributed by atoms with Crippen molar-refractivity contribution in [3.8, 4) is 0 Å². The second-order valence-electron chi connectivity index (χ2n) is 5.15. The minimum absolute atomic E-state index is 0.367. The maximum Gasteiger partial charge on any atom is 0.252 e. The zero-order chi connectivity index (χ0) is 14.8. The summed E-state index contributed by atoms with van der Waals surface area (Å²) < 4.78 is 31.5. The van der Waals surface area contributed by atoms with Crippen molar-refractivity contribution in [3.05, 3.63) is 16.5 Å². The zero-order valence-corrected chi connectivity index (χ0v) is 13.8. The van der Waals surface area contributed by atoms with Gasteiger partial charge in [0.2, 0.25) is 0 Å². The molecule has 1 aliphatic rings. The molecule has 1 aromatic heterocycles. The van der Waals surface area contributed by atoms with Gasteiger partial charge in [-0.15, -0.1) is 11.3 Å². The topological polar surface area (TPSA) is 58.6 Å². The molecule has 0 aliphatic heterocycles. The van der Waals surface area contributed by atoms with Gasteiger partial charge in [-0.3, -0.25) is 0 Å². The average Bonchev–Trinajstić information content (AvgIpc) is 3.16. The van der Waals surface area contributed by atoms with Crippen LogP contribution in [0.3, 0.4) is 0 Å². The normalized spacial score (nSPS) is 16.0. The summed E-state index contributed by atoms with van der Waals surface area (Å²) in [5.74, 6) is 0. The fraction of sp³-hybridized carbons (Fsp3) is 0.692. The van der Waals surface area contributed by atoms with Crippen LogP contribution in [-0.4, -0.2) is 46.1 Å². The first-order valence-corrected chi connectivity index (χ1v) is 8.98. The first kappa shape index (κ1) is 15.9. The molecule has 1 aromatic rings. The van der Waals surface area contributed by atoms with Crippen LogP contribution < -0.4 is 5.32 Å². The van der Waals surface area contributed by atoms with Gasteiger partial charge in [-0.1, -0.05) is 0 Å². The molecule has 0 amide bonds. The molecule has 1 aliphatic carbocycles. The van der Waals surface area contributed by atoms with Crippen LogP contribution in [0.4, 0.5) is 0 Å². The van der Waals surface area contributed by atoms with E-state index in [0.29, 0.717) is 23.4 Å². The third kappa shape index (κ3) is 3.79. The van der Waals surface area contributed by atoms with E-state index in [1.807, 2.05) is 6.92 Å². The van der Waals surface area contributed by atoms with Gasteiger partial charge in [0.05, 0.1) is 6.61 Å². The highest BCUT2D eigenvalue weighted by atomic mass is 32.2. The smallest absolute Gasteiger partial charge is 0.252 e. The number of nitrogens with zero attached hydrogens (tertiary/aromatic N) is 1. The Morgan fingerprint density at radius 3 is 2.80 bits per heavy atom. The van der Waals surface area contributed by atoms with E-state index in [-0.39, 0.29) is 0 Å². The summed E-state index contributed by atoms with van der Waals surface area (Å²) >= 11 is 1.37. The third-order valence-electron chi connectivity index (χ3n) is 3.40. The highest BCUT2D eigenvalue weighted by Gasteiger charge is 2.25. The van der Waals surface area contributed by atoms with Crippen LogP contribution in [0.2, 0.25) is 0 Å². The SMILES string of the molecule is COCCN(C)S(=O)(=O)c1cc(C)c(CNC2CC2)s1. The van der Waals surface area contributed by atoms with Crippen LogP contribution in [0.25, 0.3) is 0 Å². The predicted octanol–water partition coefficient (Wildman–Crippen LogP) is 1.58. The Bertz CT molecular complexity index is 550. The van der Waals surface area contributed by atoms with Crippen LogP contribution in [0, 0.1) is 6.92 Å². The Hall–Kier alpha value is -0.470. The minimum Gasteiger partial charge on any atom is -0.383 e. The molecule has 2 rings (SSSR count). The Morgan fingerprint density at radius 2 is 2.20 bits per heavy atom. The molecule has 1 heterocycles. The molecule has 5 nitrogen and oxygen atoms in total. The number of rotatable bonds is 8. The highest BCUT2D eigenvalue weighted by Crippen LogP contribution is 2.29. The minimum atomic E-state index is -3.39. The van der Waals surface area contributed by atoms with Gasteiger partial charge in [0.25, 0.3) is 10.0 Å². The Morgan fingerprint density at radius 1 is 1.50 bits per heavy atom. The van der Waals surface area contributed by atoms with Gasteiger partial charge in [0.1, 0.15) is 4.21 Å². The van der Waals surface area contributed by atoms with Crippen LogP contribution >= 0.6 is 11.3 Å². The van der Waals surface area contributed by atoms with Crippen molar-refractivity contribution in [2.45, 2.75) is 36.6 Å². The number of hydrogen-bond donors (Lipinski definition) is 1. The van der Waals surface area contributed by atoms with Crippen molar-refractivity contribution in [2.75, 3.05) is 27.3 Å². The van der Waals surface area contributed by atoms with E-state index < -0.39 is 10.0 Å². The summed E-state index contributed by atoms with van der Waals surface area (Å²) in [6.07, 6.45) is 2.46. The van der Waals surface area contributed by atoms with Crippen LogP contribution in [0.1, 0.15) is 23.3 Å². The molecule has 0 unspecified atom stereocenters. The molecule has 114 valence electrons. The lowest BCUT2D eigenvalue weighted by Crippen LogP contribution is -2.29. The van der Waals surface area contributed by atoms with Gasteiger partial charge in [0, 0.05) is 38.2 Å². The summed E-state index contributed by atoms with van der Waals surface area (Å²) in [4.78, 5) is 1.11. The van der Waals surface area contributed by atoms with E-state index >= 15 is 0 Å². The molecule has 20 heavy (non-hydrogen) atoms. The Labute approximate surface area is 125 Å². The number of methoxy groups -OCH3 is 1. The van der Waals surface area contributed by atoms with Crippen molar-refractivity contribution in [2.24, 2.45) is 0 Å². The van der Waals surface area contributed by atoms with Gasteiger partial charge in [-0.25, -0.2) is 8.42 Å². The Balaban J connectivity index is 2.08. The maximum absolute atomic E-state index is 12.4. The van der Waals surface area contributed by atoms with E-state index in [4.69, 9.17) is 4.74 Å². The molecule has 0 atom stereocenters. The number of likely N-dealkylation sites (N-methyl/N-ethyl adjacent to an activating group) is 1. The van der Waals surface area contributed by atoms with Gasteiger partial charge in [-0.2, -0.15) is 4.31 Å². The molecule has 0 radical (unpaired) electrons. The average molecular weight is 318 g/mol. The summed E-state index contributed by atoms with van der Waals surface area (Å²) in [6, 6.07) is 2.40. The molecular formula is C13H22N2O3S2. The zero-order valence-electron chi connectivity index (χ0n) is 12.2. The molecule has 1 fully saturated rings. The first-order chi connectivity index (χ1) is 9.45. The monoisotopic (exact) mass is 318 g/mol. The molecule has 1 N–H and O–H groups in total. The van der Waals surface area contributed by atoms with E-state index in [2.05, 4.69) is 5.32 Å². The molecular weight excluding hydrogens is 296 g/mol. The van der Waals surface area contributed by atoms with Crippen LogP contribution in [-0.2, 0) is 21.3 Å². The summed E-state index contributed by atoms with van der Waals surface area (Å²) in [6.45, 7) is 3.49. The lowest BCUT2D eigenvalue weighted by Gasteiger charge is -2.15. The largest absolute Gasteiger partial charge is 0.383 e. The number of sulfonamides is 1. The molecule has 0 saturated heterocycles. The van der Waals surface area contributed by atoms with E-state index in [0.717, 1.165) is 17.0 Å². The van der Waals surface area contributed by atoms with Crippen molar-refractivity contribution >= 4 is 21.4 Å². The fourth-order valence-corrected chi connectivity index (χ4v) is 4.72. The number of ether oxygens (including phenoxy) is 1. The maximum atomic E-state index is 12.4. The summed E-state index contributed by atoms with van der Waals surface area (Å²) in [7, 11) is -0.236. The van der Waals surface area contributed by atoms with Crippen molar-refractivity contribution in [1.82, 2.24) is 9.62 Å². The number of thiophene rings is 1. The highest BCUT2D eigenvalue weighted by molar-refractivity contribution is 7.91. The molecule has 0 aromatic carbocycles. The van der Waals surface area contributed by atoms with E-state index in [1.54, 1.807) is 20.2 Å². The molecule has 1 saturated carbocycles. The van der Waals surface area contributed by atoms with E-state index in [9.17, 15) is 8.42 Å². The summed E-state index contributed by atoms with van der Waals surface area (Å²) in [5.41, 5.74) is 1.04. The quantitative estimate of drug-likeness (QED) is 0.790. The summed E-state index contributed by atoms with van der Waals surface area (Å²) in [5, 5.41) is 3.42. The van der Waals surface area contributed by atoms with Crippen LogP contribution in [0.5, 0.6) is 0 Å². The second kappa shape index (κ2) is 6.53. The van der Waals surface area contributed by atoms with E-state index in [1.165, 1.54) is 28.5 Å². The van der Waals surface area contributed by atoms with Crippen molar-refractivity contribution < 1.29 is 13.2 Å². The lowest BCUT2D eigenvalue weighted by molar-refractivity contribution is 0.185. The fourth-order valence-electron chi connectivity index (χ4n) is 1.81. The van der Waals surface area contributed by atoms with Gasteiger partial charge >= 0.3 is 0 Å². The van der Waals surface area contributed by atoms with Gasteiger partial charge in [-0.05, 0) is 31.4 Å². The van der Waals surface area contributed by atoms with Gasteiger partial charge < -0.3 is 10.1 Å². The van der Waals surface area contributed by atoms with Gasteiger partial charge in [0.15, 0.2) is 0 Å². The second-order valence-corrected chi connectivity index (χ2v) is 8.55. The number of aryl methyl sites for hydroxylation is 1. The first-order valence-electron chi connectivity index (χ1n) is 6.73. The molecule has 7 heteroatoms. The molecule has 0 bridgehead atoms. The van der Waals surface area contributed by atoms with Crippen LogP contribution in [0.15, 0.2) is 10.3 Å². The number of hydrogen-bond acceptors (Lipinski definition) is 5. The third-order valence-corrected chi connectivity index (χ3v) is 6.94. The van der Waals surface area contributed by atoms with Crippen molar-refractivity contribution in [1.29, 1.82) is 0 Å². The van der Waals surface area contributed by atoms with Crippen molar-refractivity contribution in [3.63, 3.8) is 0 Å². The number of nitrogens with one attached hydrogen (secondary N) is 1. The Kier molecular flexibility index (Phi) is 5.19. The predicted molar refractivity (Wildman–Crippen MR) is 80.6 cm³/mol. The molecule has 0 spiro atoms.